The molecule has 0 aliphatic heterocycles. The van der Waals surface area contributed by atoms with Gasteiger partial charge in [0.25, 0.3) is 0 Å². The molecule has 0 radical (unpaired) electrons. The Morgan fingerprint density at radius 3 is 1.72 bits per heavy atom. The molecule has 0 aliphatic rings. The highest BCUT2D eigenvalue weighted by atomic mass is 19.1. The van der Waals surface area contributed by atoms with Gasteiger partial charge in [-0.2, -0.15) is 10.2 Å². The van der Waals surface area contributed by atoms with Crippen molar-refractivity contribution in [1.29, 1.82) is 0 Å². The van der Waals surface area contributed by atoms with E-state index in [1.165, 1.54) is 0 Å². The number of aliphatic hydroxyl groups is 2. The van der Waals surface area contributed by atoms with Crippen LogP contribution in [0.25, 0.3) is 44.6 Å². The predicted molar refractivity (Wildman–Crippen MR) is 214 cm³/mol. The van der Waals surface area contributed by atoms with Crippen molar-refractivity contribution < 1.29 is 27.8 Å². The van der Waals surface area contributed by atoms with Crippen LogP contribution in [0.2, 0.25) is 0 Å². The van der Waals surface area contributed by atoms with Crippen LogP contribution in [0.3, 0.4) is 0 Å². The van der Waals surface area contributed by atoms with E-state index in [-0.39, 0.29) is 11.1 Å². The average Bonchev–Trinajstić information content (AvgIpc) is 3.79. The molecule has 0 amide bonds. The molecule has 0 bridgehead atoms. The molecule has 8 rings (SSSR count). The maximum atomic E-state index is 14.2. The van der Waals surface area contributed by atoms with E-state index in [9.17, 15) is 27.8 Å². The van der Waals surface area contributed by atoms with Crippen molar-refractivity contribution in [2.75, 3.05) is 10.6 Å². The second-order valence-corrected chi connectivity index (χ2v) is 13.8. The lowest BCUT2D eigenvalue weighted by molar-refractivity contribution is 0.168. The number of halogens is 4. The van der Waals surface area contributed by atoms with Crippen LogP contribution in [-0.2, 0) is 13.1 Å². The Labute approximate surface area is 329 Å². The van der Waals surface area contributed by atoms with Gasteiger partial charge in [-0.1, -0.05) is 0 Å². The van der Waals surface area contributed by atoms with Gasteiger partial charge in [0, 0.05) is 47.3 Å². The number of nitrogens with one attached hydrogen (secondary N) is 2. The molecule has 4 N–H and O–H groups in total. The molecular weight excluding hydrogens is 753 g/mol. The summed E-state index contributed by atoms with van der Waals surface area (Å²) in [6.45, 7) is 7.78. The molecule has 0 aliphatic carbocycles. The second-order valence-electron chi connectivity index (χ2n) is 13.8. The fourth-order valence-corrected chi connectivity index (χ4v) is 6.23. The smallest absolute Gasteiger partial charge is 0.134 e. The SMILES string of the molecule is Cc1cnc(-c2cc(F)ccc2F)cc1Nc1ccnc2cn(CC(C)O)nc12.Cc1cnc(-c2cc(F)ccc2F)cc1Nc1ccnc2cnn(CC(C)O)c12. The normalized spacial score (nSPS) is 12.3. The van der Waals surface area contributed by atoms with Crippen LogP contribution < -0.4 is 10.6 Å². The molecule has 2 aromatic carbocycles. The number of fused-ring (bicyclic) bond motifs is 2. The van der Waals surface area contributed by atoms with Crippen LogP contribution in [0.5, 0.6) is 0 Å². The van der Waals surface area contributed by atoms with Crippen LogP contribution in [0, 0.1) is 37.1 Å². The van der Waals surface area contributed by atoms with Gasteiger partial charge in [0.05, 0.1) is 60.5 Å². The molecule has 16 heteroatoms. The Morgan fingerprint density at radius 2 is 1.16 bits per heavy atom. The van der Waals surface area contributed by atoms with Crippen LogP contribution in [-0.4, -0.2) is 61.9 Å². The molecule has 0 saturated carbocycles. The predicted octanol–water partition coefficient (Wildman–Crippen LogP) is 8.41. The minimum atomic E-state index is -0.573. The Kier molecular flexibility index (Phi) is 11.4. The summed E-state index contributed by atoms with van der Waals surface area (Å²) in [6, 6.07) is 13.5. The summed E-state index contributed by atoms with van der Waals surface area (Å²) in [6.07, 6.45) is 8.81. The van der Waals surface area contributed by atoms with Gasteiger partial charge in [-0.15, -0.1) is 0 Å². The van der Waals surface area contributed by atoms with E-state index in [1.807, 2.05) is 13.8 Å². The molecule has 58 heavy (non-hydrogen) atoms. The average molecular weight is 791 g/mol. The van der Waals surface area contributed by atoms with Gasteiger partial charge >= 0.3 is 0 Å². The first-order valence-electron chi connectivity index (χ1n) is 18.2. The summed E-state index contributed by atoms with van der Waals surface area (Å²) < 4.78 is 58.8. The third kappa shape index (κ3) is 8.77. The summed E-state index contributed by atoms with van der Waals surface area (Å²) in [5, 5.41) is 34.7. The van der Waals surface area contributed by atoms with Gasteiger partial charge in [-0.3, -0.25) is 29.3 Å². The number of hydrogen-bond donors (Lipinski definition) is 4. The number of pyridine rings is 4. The third-order valence-electron chi connectivity index (χ3n) is 9.02. The standard InChI is InChI=1S/2C21H19F2N5O/c1-12-9-25-19(15-7-14(22)3-4-16(15)23)8-18(12)27-17-5-6-24-20-10-26-28(21(17)20)11-13(2)29;1-12-9-25-19(15-7-14(22)3-4-16(15)23)8-18(12)26-17-5-6-24-20-11-28(10-13(2)29)27-21(17)20/h3-10,13,29H,11H2,1-2H3,(H,24,25,27);3-9,11,13,29H,10H2,1-2H3,(H,25,26). The van der Waals surface area contributed by atoms with E-state index in [4.69, 9.17) is 0 Å². The first-order chi connectivity index (χ1) is 27.8. The number of aliphatic hydroxyl groups excluding tert-OH is 2. The van der Waals surface area contributed by atoms with E-state index in [1.54, 1.807) is 84.7 Å². The summed E-state index contributed by atoms with van der Waals surface area (Å²) >= 11 is 0. The first-order valence-corrected chi connectivity index (χ1v) is 18.2. The topological polar surface area (TPSA) is 152 Å². The maximum Gasteiger partial charge on any atom is 0.134 e. The fraction of sp³-hybridized carbons (Fsp3) is 0.190. The molecule has 6 heterocycles. The molecule has 0 fully saturated rings. The maximum absolute atomic E-state index is 14.2. The van der Waals surface area contributed by atoms with Crippen LogP contribution in [0.15, 0.2) is 97.8 Å². The molecule has 296 valence electrons. The van der Waals surface area contributed by atoms with Gasteiger partial charge in [0.2, 0.25) is 0 Å². The largest absolute Gasteiger partial charge is 0.391 e. The van der Waals surface area contributed by atoms with Gasteiger partial charge in [0.15, 0.2) is 0 Å². The monoisotopic (exact) mass is 790 g/mol. The molecule has 0 saturated heterocycles. The number of benzene rings is 2. The van der Waals surface area contributed by atoms with E-state index in [0.29, 0.717) is 58.1 Å². The first kappa shape index (κ1) is 39.5. The highest BCUT2D eigenvalue weighted by Gasteiger charge is 2.16. The molecule has 8 aromatic rings. The molecule has 12 nitrogen and oxygen atoms in total. The Hall–Kier alpha value is -6.78. The van der Waals surface area contributed by atoms with Gasteiger partial charge in [0.1, 0.15) is 45.3 Å². The second kappa shape index (κ2) is 16.8. The quantitative estimate of drug-likeness (QED) is 0.0995. The summed E-state index contributed by atoms with van der Waals surface area (Å²) in [5.41, 5.74) is 8.04. The summed E-state index contributed by atoms with van der Waals surface area (Å²) in [5.74, 6) is -2.15. The minimum absolute atomic E-state index is 0.0899. The number of nitrogens with zero attached hydrogens (tertiary/aromatic N) is 8. The Bertz CT molecular complexity index is 2750. The third-order valence-corrected chi connectivity index (χ3v) is 9.02. The van der Waals surface area contributed by atoms with Crippen LogP contribution in [0.1, 0.15) is 25.0 Å². The fourth-order valence-electron chi connectivity index (χ4n) is 6.23. The number of aryl methyl sites for hydroxylation is 2. The van der Waals surface area contributed by atoms with Crippen LogP contribution >= 0.6 is 0 Å². The number of rotatable bonds is 10. The molecule has 2 atom stereocenters. The molecule has 2 unspecified atom stereocenters. The zero-order valence-electron chi connectivity index (χ0n) is 31.8. The number of aromatic nitrogens is 8. The lowest BCUT2D eigenvalue weighted by Gasteiger charge is -2.14. The van der Waals surface area contributed by atoms with Crippen molar-refractivity contribution in [3.63, 3.8) is 0 Å². The van der Waals surface area contributed by atoms with Crippen molar-refractivity contribution in [2.45, 2.75) is 53.0 Å². The zero-order chi connectivity index (χ0) is 41.1. The number of hydrogen-bond acceptors (Lipinski definition) is 10. The molecular formula is C42H38F4N10O2. The van der Waals surface area contributed by atoms with Crippen LogP contribution in [0.4, 0.5) is 40.3 Å². The Balaban J connectivity index is 0.000000177. The van der Waals surface area contributed by atoms with Crippen molar-refractivity contribution in [1.82, 2.24) is 39.5 Å². The summed E-state index contributed by atoms with van der Waals surface area (Å²) in [7, 11) is 0. The number of anilines is 4. The van der Waals surface area contributed by atoms with E-state index >= 15 is 0 Å². The van der Waals surface area contributed by atoms with Crippen molar-refractivity contribution in [2.24, 2.45) is 0 Å². The lowest BCUT2D eigenvalue weighted by atomic mass is 10.1. The zero-order valence-corrected chi connectivity index (χ0v) is 31.8. The lowest BCUT2D eigenvalue weighted by Crippen LogP contribution is -2.13. The highest BCUT2D eigenvalue weighted by molar-refractivity contribution is 5.91. The van der Waals surface area contributed by atoms with E-state index in [0.717, 1.165) is 58.7 Å². The van der Waals surface area contributed by atoms with Gasteiger partial charge in [-0.05, 0) is 99.5 Å². The van der Waals surface area contributed by atoms with Gasteiger partial charge in [-0.25, -0.2) is 17.6 Å². The highest BCUT2D eigenvalue weighted by Crippen LogP contribution is 2.32. The van der Waals surface area contributed by atoms with E-state index in [2.05, 4.69) is 40.8 Å². The van der Waals surface area contributed by atoms with Crippen molar-refractivity contribution in [3.8, 4) is 22.5 Å². The molecule has 0 spiro atoms. The van der Waals surface area contributed by atoms with Gasteiger partial charge < -0.3 is 20.8 Å². The minimum Gasteiger partial charge on any atom is -0.391 e. The van der Waals surface area contributed by atoms with Crippen molar-refractivity contribution in [3.05, 3.63) is 132 Å². The summed E-state index contributed by atoms with van der Waals surface area (Å²) in [4.78, 5) is 17.1. The van der Waals surface area contributed by atoms with Crippen molar-refractivity contribution >= 4 is 44.8 Å². The molecule has 6 aromatic heterocycles. The van der Waals surface area contributed by atoms with E-state index < -0.39 is 35.5 Å². The Morgan fingerprint density at radius 1 is 0.621 bits per heavy atom.